The van der Waals surface area contributed by atoms with Crippen LogP contribution in [0, 0.1) is 23.7 Å². The Hall–Kier alpha value is -0.570. The molecule has 1 rings (SSSR count). The summed E-state index contributed by atoms with van der Waals surface area (Å²) >= 11 is 0. The zero-order valence-electron chi connectivity index (χ0n) is 13.7. The van der Waals surface area contributed by atoms with E-state index in [0.29, 0.717) is 29.6 Å². The van der Waals surface area contributed by atoms with Crippen molar-refractivity contribution in [3.05, 3.63) is 0 Å². The van der Waals surface area contributed by atoms with Crippen molar-refractivity contribution >= 4 is 5.91 Å². The molecule has 1 fully saturated rings. The number of amides is 1. The summed E-state index contributed by atoms with van der Waals surface area (Å²) in [5.41, 5.74) is 0. The van der Waals surface area contributed by atoms with Crippen molar-refractivity contribution in [1.29, 1.82) is 0 Å². The van der Waals surface area contributed by atoms with Crippen LogP contribution in [0.25, 0.3) is 0 Å². The summed E-state index contributed by atoms with van der Waals surface area (Å²) in [6.45, 7) is 16.4. The van der Waals surface area contributed by atoms with Crippen molar-refractivity contribution in [2.45, 2.75) is 67.1 Å². The first-order chi connectivity index (χ1) is 8.73. The second kappa shape index (κ2) is 6.74. The first kappa shape index (κ1) is 16.5. The Morgan fingerprint density at radius 3 is 2.05 bits per heavy atom. The molecule has 2 unspecified atom stereocenters. The third-order valence-corrected chi connectivity index (χ3v) is 4.32. The Morgan fingerprint density at radius 2 is 1.63 bits per heavy atom. The molecule has 3 heteroatoms. The molecule has 1 saturated heterocycles. The van der Waals surface area contributed by atoms with E-state index in [9.17, 15) is 4.79 Å². The third-order valence-electron chi connectivity index (χ3n) is 4.32. The van der Waals surface area contributed by atoms with E-state index in [1.165, 1.54) is 0 Å². The topological polar surface area (TPSA) is 32.3 Å². The first-order valence-electron chi connectivity index (χ1n) is 7.80. The standard InChI is InChI=1S/C16H32N2O/c1-10(2)8-15-16(19)18(13(7)17-15)9-14(11(3)4)12(5)6/h10-15,17H,8-9H2,1-7H3. The smallest absolute Gasteiger partial charge is 0.241 e. The number of hydrogen-bond donors (Lipinski definition) is 1. The summed E-state index contributed by atoms with van der Waals surface area (Å²) in [4.78, 5) is 14.5. The van der Waals surface area contributed by atoms with Crippen LogP contribution >= 0.6 is 0 Å². The summed E-state index contributed by atoms with van der Waals surface area (Å²) in [5.74, 6) is 2.66. The van der Waals surface area contributed by atoms with Gasteiger partial charge in [-0.1, -0.05) is 41.5 Å². The maximum atomic E-state index is 12.5. The van der Waals surface area contributed by atoms with Crippen molar-refractivity contribution in [2.75, 3.05) is 6.54 Å². The molecule has 0 aliphatic carbocycles. The molecule has 1 N–H and O–H groups in total. The predicted molar refractivity (Wildman–Crippen MR) is 80.7 cm³/mol. The van der Waals surface area contributed by atoms with Gasteiger partial charge in [0.25, 0.3) is 0 Å². The Bertz CT molecular complexity index is 291. The molecular weight excluding hydrogens is 236 g/mol. The first-order valence-corrected chi connectivity index (χ1v) is 7.80. The van der Waals surface area contributed by atoms with E-state index in [4.69, 9.17) is 0 Å². The zero-order chi connectivity index (χ0) is 14.7. The number of nitrogens with zero attached hydrogens (tertiary/aromatic N) is 1. The predicted octanol–water partition coefficient (Wildman–Crippen LogP) is 3.11. The summed E-state index contributed by atoms with van der Waals surface area (Å²) in [7, 11) is 0. The quantitative estimate of drug-likeness (QED) is 0.803. The summed E-state index contributed by atoms with van der Waals surface area (Å²) in [5, 5.41) is 3.44. The fourth-order valence-electron chi connectivity index (χ4n) is 3.15. The minimum absolute atomic E-state index is 0.0231. The molecule has 0 bridgehead atoms. The number of rotatable bonds is 6. The van der Waals surface area contributed by atoms with Crippen molar-refractivity contribution in [2.24, 2.45) is 23.7 Å². The summed E-state index contributed by atoms with van der Waals surface area (Å²) in [6, 6.07) is 0.0231. The van der Waals surface area contributed by atoms with Crippen LogP contribution in [0.15, 0.2) is 0 Å². The molecule has 0 aromatic carbocycles. The van der Waals surface area contributed by atoms with Crippen LogP contribution in [0.2, 0.25) is 0 Å². The fraction of sp³-hybridized carbons (Fsp3) is 0.938. The summed E-state index contributed by atoms with van der Waals surface area (Å²) in [6.07, 6.45) is 1.12. The van der Waals surface area contributed by atoms with Gasteiger partial charge in [0.15, 0.2) is 0 Å². The lowest BCUT2D eigenvalue weighted by Crippen LogP contribution is -2.41. The van der Waals surface area contributed by atoms with Crippen molar-refractivity contribution in [3.8, 4) is 0 Å². The van der Waals surface area contributed by atoms with Crippen molar-refractivity contribution < 1.29 is 4.79 Å². The molecular formula is C16H32N2O. The van der Waals surface area contributed by atoms with Crippen LogP contribution in [0.5, 0.6) is 0 Å². The van der Waals surface area contributed by atoms with Crippen LogP contribution < -0.4 is 5.32 Å². The van der Waals surface area contributed by atoms with Gasteiger partial charge in [-0.15, -0.1) is 0 Å². The van der Waals surface area contributed by atoms with E-state index in [1.54, 1.807) is 0 Å². The lowest BCUT2D eigenvalue weighted by Gasteiger charge is -2.31. The van der Waals surface area contributed by atoms with Gasteiger partial charge in [-0.2, -0.15) is 0 Å². The minimum atomic E-state index is 0.0231. The van der Waals surface area contributed by atoms with Gasteiger partial charge in [-0.05, 0) is 37.0 Å². The number of carbonyl (C=O) groups is 1. The fourth-order valence-corrected chi connectivity index (χ4v) is 3.15. The Morgan fingerprint density at radius 1 is 1.11 bits per heavy atom. The van der Waals surface area contributed by atoms with E-state index < -0.39 is 0 Å². The van der Waals surface area contributed by atoms with Crippen LogP contribution in [-0.2, 0) is 4.79 Å². The molecule has 2 atom stereocenters. The van der Waals surface area contributed by atoms with Gasteiger partial charge in [0.2, 0.25) is 5.91 Å². The molecule has 0 aromatic rings. The van der Waals surface area contributed by atoms with Gasteiger partial charge in [0.1, 0.15) is 0 Å². The van der Waals surface area contributed by atoms with Crippen LogP contribution in [-0.4, -0.2) is 29.6 Å². The van der Waals surface area contributed by atoms with Gasteiger partial charge in [0, 0.05) is 6.54 Å². The number of hydrogen-bond acceptors (Lipinski definition) is 2. The maximum Gasteiger partial charge on any atom is 0.241 e. The molecule has 1 aliphatic rings. The van der Waals surface area contributed by atoms with Crippen molar-refractivity contribution in [1.82, 2.24) is 10.2 Å². The second-order valence-electron chi connectivity index (χ2n) is 7.17. The van der Waals surface area contributed by atoms with E-state index in [2.05, 4.69) is 58.7 Å². The highest BCUT2D eigenvalue weighted by Crippen LogP contribution is 2.25. The second-order valence-corrected chi connectivity index (χ2v) is 7.17. The van der Waals surface area contributed by atoms with Gasteiger partial charge < -0.3 is 4.90 Å². The number of carbonyl (C=O) groups excluding carboxylic acids is 1. The Balaban J connectivity index is 2.70. The van der Waals surface area contributed by atoms with Gasteiger partial charge in [0.05, 0.1) is 12.2 Å². The van der Waals surface area contributed by atoms with E-state index >= 15 is 0 Å². The van der Waals surface area contributed by atoms with Crippen LogP contribution in [0.3, 0.4) is 0 Å². The largest absolute Gasteiger partial charge is 0.326 e. The third kappa shape index (κ3) is 4.20. The SMILES string of the molecule is CC(C)CC1NC(C)N(CC(C(C)C)C(C)C)C1=O. The lowest BCUT2D eigenvalue weighted by molar-refractivity contribution is -0.131. The molecule has 0 radical (unpaired) electrons. The summed E-state index contributed by atoms with van der Waals surface area (Å²) < 4.78 is 0. The minimum Gasteiger partial charge on any atom is -0.326 e. The Labute approximate surface area is 119 Å². The van der Waals surface area contributed by atoms with Gasteiger partial charge in [-0.25, -0.2) is 0 Å². The average Bonchev–Trinajstić information content (AvgIpc) is 2.50. The molecule has 0 spiro atoms. The highest BCUT2D eigenvalue weighted by molar-refractivity contribution is 5.84. The molecule has 0 aromatic heterocycles. The van der Waals surface area contributed by atoms with Crippen LogP contribution in [0.1, 0.15) is 54.9 Å². The lowest BCUT2D eigenvalue weighted by atomic mass is 9.85. The monoisotopic (exact) mass is 268 g/mol. The van der Waals surface area contributed by atoms with E-state index in [1.807, 2.05) is 0 Å². The molecule has 112 valence electrons. The molecule has 1 amide bonds. The highest BCUT2D eigenvalue weighted by atomic mass is 16.2. The Kier molecular flexibility index (Phi) is 5.84. The molecule has 1 aliphatic heterocycles. The number of nitrogens with one attached hydrogen (secondary N) is 1. The van der Waals surface area contributed by atoms with Crippen molar-refractivity contribution in [3.63, 3.8) is 0 Å². The highest BCUT2D eigenvalue weighted by Gasteiger charge is 2.38. The van der Waals surface area contributed by atoms with Gasteiger partial charge >= 0.3 is 0 Å². The van der Waals surface area contributed by atoms with Crippen LogP contribution in [0.4, 0.5) is 0 Å². The molecule has 3 nitrogen and oxygen atoms in total. The average molecular weight is 268 g/mol. The van der Waals surface area contributed by atoms with E-state index in [0.717, 1.165) is 13.0 Å². The molecule has 0 saturated carbocycles. The molecule has 1 heterocycles. The zero-order valence-corrected chi connectivity index (χ0v) is 13.7. The molecule has 19 heavy (non-hydrogen) atoms. The maximum absolute atomic E-state index is 12.5. The van der Waals surface area contributed by atoms with E-state index in [-0.39, 0.29) is 12.2 Å². The normalized spacial score (nSPS) is 24.6. The van der Waals surface area contributed by atoms with Gasteiger partial charge in [-0.3, -0.25) is 10.1 Å².